The minimum atomic E-state index is -4.24. The molecule has 9 nitrogen and oxygen atoms in total. The molecular formula is C31H37Cl2N3O6S. The fourth-order valence-corrected chi connectivity index (χ4v) is 6.38. The minimum absolute atomic E-state index is 0.00534. The van der Waals surface area contributed by atoms with Gasteiger partial charge in [0.1, 0.15) is 12.6 Å². The largest absolute Gasteiger partial charge is 0.493 e. The van der Waals surface area contributed by atoms with Gasteiger partial charge in [-0.3, -0.25) is 13.9 Å². The van der Waals surface area contributed by atoms with E-state index in [1.807, 2.05) is 6.92 Å². The van der Waals surface area contributed by atoms with Crippen molar-refractivity contribution in [2.45, 2.75) is 50.6 Å². The summed E-state index contributed by atoms with van der Waals surface area (Å²) in [7, 11) is -1.34. The van der Waals surface area contributed by atoms with Gasteiger partial charge in [-0.15, -0.1) is 0 Å². The number of nitrogens with one attached hydrogen (secondary N) is 1. The molecule has 0 bridgehead atoms. The SMILES string of the molecule is CCCCNC(=O)[C@H](CC)N(Cc1ccc(Cl)cc1Cl)C(=O)CN(c1ccc(OC)c(OC)c1)S(=O)(=O)c1ccccc1. The number of methoxy groups -OCH3 is 2. The Balaban J connectivity index is 2.10. The van der Waals surface area contributed by atoms with E-state index >= 15 is 0 Å². The number of amides is 2. The highest BCUT2D eigenvalue weighted by Gasteiger charge is 2.34. The van der Waals surface area contributed by atoms with E-state index in [0.29, 0.717) is 27.9 Å². The van der Waals surface area contributed by atoms with Crippen molar-refractivity contribution in [3.8, 4) is 11.5 Å². The smallest absolute Gasteiger partial charge is 0.264 e. The van der Waals surface area contributed by atoms with Crippen molar-refractivity contribution in [1.82, 2.24) is 10.2 Å². The van der Waals surface area contributed by atoms with Crippen molar-refractivity contribution in [3.63, 3.8) is 0 Å². The van der Waals surface area contributed by atoms with Gasteiger partial charge in [-0.25, -0.2) is 8.42 Å². The quantitative estimate of drug-likeness (QED) is 0.205. The van der Waals surface area contributed by atoms with Gasteiger partial charge in [0.15, 0.2) is 11.5 Å². The van der Waals surface area contributed by atoms with Crippen LogP contribution < -0.4 is 19.1 Å². The number of ether oxygens (including phenoxy) is 2. The lowest BCUT2D eigenvalue weighted by Gasteiger charge is -2.33. The van der Waals surface area contributed by atoms with Crippen LogP contribution in [0, 0.1) is 0 Å². The van der Waals surface area contributed by atoms with Crippen LogP contribution in [0.5, 0.6) is 11.5 Å². The predicted molar refractivity (Wildman–Crippen MR) is 170 cm³/mol. The Bertz CT molecular complexity index is 1500. The lowest BCUT2D eigenvalue weighted by molar-refractivity contribution is -0.140. The van der Waals surface area contributed by atoms with Crippen LogP contribution in [0.25, 0.3) is 0 Å². The molecule has 0 radical (unpaired) electrons. The average molecular weight is 651 g/mol. The molecule has 0 aromatic heterocycles. The van der Waals surface area contributed by atoms with E-state index in [2.05, 4.69) is 5.32 Å². The van der Waals surface area contributed by atoms with Crippen molar-refractivity contribution in [2.75, 3.05) is 31.6 Å². The number of benzene rings is 3. The summed E-state index contributed by atoms with van der Waals surface area (Å²) in [6, 6.07) is 16.4. The first-order valence-electron chi connectivity index (χ1n) is 13.9. The first-order valence-corrected chi connectivity index (χ1v) is 16.1. The summed E-state index contributed by atoms with van der Waals surface area (Å²) < 4.78 is 39.8. The summed E-state index contributed by atoms with van der Waals surface area (Å²) in [6.07, 6.45) is 1.95. The van der Waals surface area contributed by atoms with Crippen LogP contribution in [0.4, 0.5) is 5.69 Å². The third-order valence-electron chi connectivity index (χ3n) is 6.84. The van der Waals surface area contributed by atoms with Crippen LogP contribution >= 0.6 is 23.2 Å². The van der Waals surface area contributed by atoms with E-state index in [1.165, 1.54) is 43.4 Å². The molecule has 0 aliphatic carbocycles. The van der Waals surface area contributed by atoms with Crippen LogP contribution in [0.3, 0.4) is 0 Å². The maximum Gasteiger partial charge on any atom is 0.264 e. The second-order valence-electron chi connectivity index (χ2n) is 9.69. The number of hydrogen-bond acceptors (Lipinski definition) is 6. The molecule has 232 valence electrons. The maximum absolute atomic E-state index is 14.2. The van der Waals surface area contributed by atoms with E-state index in [-0.39, 0.29) is 35.2 Å². The molecule has 0 aliphatic rings. The first kappa shape index (κ1) is 34.0. The van der Waals surface area contributed by atoms with Crippen molar-refractivity contribution >= 4 is 50.7 Å². The molecule has 0 aliphatic heterocycles. The number of sulfonamides is 1. The zero-order valence-corrected chi connectivity index (χ0v) is 27.0. The van der Waals surface area contributed by atoms with Gasteiger partial charge in [0, 0.05) is 29.2 Å². The lowest BCUT2D eigenvalue weighted by Crippen LogP contribution is -2.52. The van der Waals surface area contributed by atoms with Gasteiger partial charge in [-0.05, 0) is 54.8 Å². The second-order valence-corrected chi connectivity index (χ2v) is 12.4. The Morgan fingerprint density at radius 1 is 0.930 bits per heavy atom. The maximum atomic E-state index is 14.2. The summed E-state index contributed by atoms with van der Waals surface area (Å²) in [5.41, 5.74) is 0.739. The first-order chi connectivity index (χ1) is 20.6. The van der Waals surface area contributed by atoms with Crippen molar-refractivity contribution < 1.29 is 27.5 Å². The Hall–Kier alpha value is -3.47. The van der Waals surface area contributed by atoms with Crippen LogP contribution in [0.1, 0.15) is 38.7 Å². The number of anilines is 1. The molecular weight excluding hydrogens is 613 g/mol. The monoisotopic (exact) mass is 649 g/mol. The minimum Gasteiger partial charge on any atom is -0.493 e. The molecule has 0 saturated heterocycles. The Morgan fingerprint density at radius 3 is 2.23 bits per heavy atom. The molecule has 0 heterocycles. The van der Waals surface area contributed by atoms with Crippen LogP contribution in [0.15, 0.2) is 71.6 Å². The highest BCUT2D eigenvalue weighted by atomic mass is 35.5. The van der Waals surface area contributed by atoms with E-state index in [1.54, 1.807) is 49.4 Å². The van der Waals surface area contributed by atoms with Gasteiger partial charge >= 0.3 is 0 Å². The number of nitrogens with zero attached hydrogens (tertiary/aromatic N) is 2. The normalized spacial score (nSPS) is 11.9. The fraction of sp³-hybridized carbons (Fsp3) is 0.355. The van der Waals surface area contributed by atoms with Gasteiger partial charge < -0.3 is 19.7 Å². The predicted octanol–water partition coefficient (Wildman–Crippen LogP) is 5.93. The van der Waals surface area contributed by atoms with Gasteiger partial charge in [0.25, 0.3) is 10.0 Å². The molecule has 43 heavy (non-hydrogen) atoms. The Morgan fingerprint density at radius 2 is 1.63 bits per heavy atom. The van der Waals surface area contributed by atoms with Crippen LogP contribution in [-0.2, 0) is 26.2 Å². The van der Waals surface area contributed by atoms with Gasteiger partial charge in [-0.1, -0.05) is 67.7 Å². The average Bonchev–Trinajstić information content (AvgIpc) is 3.00. The van der Waals surface area contributed by atoms with E-state index < -0.39 is 28.5 Å². The lowest BCUT2D eigenvalue weighted by atomic mass is 10.1. The Kier molecular flexibility index (Phi) is 12.5. The summed E-state index contributed by atoms with van der Waals surface area (Å²) in [6.45, 7) is 3.62. The van der Waals surface area contributed by atoms with Gasteiger partial charge in [-0.2, -0.15) is 0 Å². The number of halogens is 2. The van der Waals surface area contributed by atoms with E-state index in [9.17, 15) is 18.0 Å². The summed E-state index contributed by atoms with van der Waals surface area (Å²) in [5, 5.41) is 3.64. The number of carbonyl (C=O) groups excluding carboxylic acids is 2. The summed E-state index contributed by atoms with van der Waals surface area (Å²) >= 11 is 12.6. The second kappa shape index (κ2) is 15.8. The fourth-order valence-electron chi connectivity index (χ4n) is 4.49. The van der Waals surface area contributed by atoms with Gasteiger partial charge in [0.2, 0.25) is 11.8 Å². The molecule has 3 rings (SSSR count). The topological polar surface area (TPSA) is 105 Å². The molecule has 1 N–H and O–H groups in total. The molecule has 0 fully saturated rings. The highest BCUT2D eigenvalue weighted by Crippen LogP contribution is 2.34. The van der Waals surface area contributed by atoms with Crippen molar-refractivity contribution in [1.29, 1.82) is 0 Å². The zero-order chi connectivity index (χ0) is 31.6. The summed E-state index contributed by atoms with van der Waals surface area (Å²) in [4.78, 5) is 28.9. The zero-order valence-electron chi connectivity index (χ0n) is 24.7. The molecule has 0 saturated carbocycles. The summed E-state index contributed by atoms with van der Waals surface area (Å²) in [5.74, 6) is -0.258. The van der Waals surface area contributed by atoms with E-state index in [4.69, 9.17) is 32.7 Å². The molecule has 0 unspecified atom stereocenters. The number of unbranched alkanes of at least 4 members (excludes halogenated alkanes) is 1. The van der Waals surface area contributed by atoms with E-state index in [0.717, 1.165) is 17.1 Å². The van der Waals surface area contributed by atoms with Crippen molar-refractivity contribution in [3.05, 3.63) is 82.3 Å². The molecule has 2 amide bonds. The standard InChI is InChI=1S/C31H37Cl2N3O6S/c1-5-7-17-34-31(38)27(6-2)35(20-22-13-14-23(32)18-26(22)33)30(37)21-36(43(39,40)25-11-9-8-10-12-25)24-15-16-28(41-3)29(19-24)42-4/h8-16,18-19,27H,5-7,17,20-21H2,1-4H3,(H,34,38)/t27-/m0/s1. The van der Waals surface area contributed by atoms with Crippen LogP contribution in [-0.4, -0.2) is 58.5 Å². The number of carbonyl (C=O) groups is 2. The molecule has 3 aromatic rings. The molecule has 0 spiro atoms. The van der Waals surface area contributed by atoms with Crippen molar-refractivity contribution in [2.24, 2.45) is 0 Å². The third-order valence-corrected chi connectivity index (χ3v) is 9.21. The van der Waals surface area contributed by atoms with Gasteiger partial charge in [0.05, 0.1) is 24.8 Å². The molecule has 12 heteroatoms. The number of rotatable bonds is 15. The Labute approximate surface area is 263 Å². The number of hydrogen-bond donors (Lipinski definition) is 1. The highest BCUT2D eigenvalue weighted by molar-refractivity contribution is 7.92. The van der Waals surface area contributed by atoms with Crippen LogP contribution in [0.2, 0.25) is 10.0 Å². The molecule has 3 aromatic carbocycles. The third kappa shape index (κ3) is 8.55. The molecule has 1 atom stereocenters.